The van der Waals surface area contributed by atoms with E-state index in [0.717, 1.165) is 5.56 Å². The summed E-state index contributed by atoms with van der Waals surface area (Å²) < 4.78 is 15.9. The zero-order valence-corrected chi connectivity index (χ0v) is 17.7. The number of rotatable bonds is 8. The molecule has 1 aromatic carbocycles. The molecule has 1 N–H and O–H groups in total. The lowest BCUT2D eigenvalue weighted by Crippen LogP contribution is -2.37. The molecule has 29 heavy (non-hydrogen) atoms. The number of hydrogen-bond donors (Lipinski definition) is 1. The Morgan fingerprint density at radius 3 is 2.66 bits per heavy atom. The van der Waals surface area contributed by atoms with Gasteiger partial charge >= 0.3 is 0 Å². The normalized spacial score (nSPS) is 18.5. The number of nitrogens with zero attached hydrogens (tertiary/aromatic N) is 1. The molecule has 8 heteroatoms. The molecule has 1 saturated heterocycles. The summed E-state index contributed by atoms with van der Waals surface area (Å²) in [6, 6.07) is 9.23. The zero-order chi connectivity index (χ0) is 20.8. The quantitative estimate of drug-likeness (QED) is 0.666. The first-order chi connectivity index (χ1) is 14.1. The number of nitrogens with one attached hydrogen (secondary N) is 1. The Morgan fingerprint density at radius 1 is 1.17 bits per heavy atom. The standard InChI is InChI=1S/C21H26N2O5S/c1-26-9-8-22-20(24)17-13-23(21(25)19-5-4-10-29-19)12-16(17)15-7-6-14(27-2)11-18(15)28-3/h4-7,10-11,16-17H,8-9,12-13H2,1-3H3,(H,22,24)/t16-,17+/m1/s1. The molecule has 1 fully saturated rings. The molecule has 0 saturated carbocycles. The van der Waals surface area contributed by atoms with Crippen molar-refractivity contribution in [1.29, 1.82) is 0 Å². The smallest absolute Gasteiger partial charge is 0.263 e. The third kappa shape index (κ3) is 4.71. The molecule has 1 aliphatic heterocycles. The number of amides is 2. The van der Waals surface area contributed by atoms with Gasteiger partial charge in [-0.3, -0.25) is 9.59 Å². The van der Waals surface area contributed by atoms with Gasteiger partial charge in [0.25, 0.3) is 5.91 Å². The summed E-state index contributed by atoms with van der Waals surface area (Å²) in [4.78, 5) is 28.2. The second-order valence-corrected chi connectivity index (χ2v) is 7.74. The minimum Gasteiger partial charge on any atom is -0.497 e. The minimum absolute atomic E-state index is 0.0512. The van der Waals surface area contributed by atoms with Crippen molar-refractivity contribution >= 4 is 23.2 Å². The average Bonchev–Trinajstić information content (AvgIpc) is 3.43. The van der Waals surface area contributed by atoms with Gasteiger partial charge in [-0.25, -0.2) is 0 Å². The van der Waals surface area contributed by atoms with Crippen LogP contribution in [0.4, 0.5) is 0 Å². The van der Waals surface area contributed by atoms with E-state index in [-0.39, 0.29) is 23.7 Å². The molecule has 0 spiro atoms. The van der Waals surface area contributed by atoms with Gasteiger partial charge in [0.15, 0.2) is 0 Å². The number of hydrogen-bond acceptors (Lipinski definition) is 6. The van der Waals surface area contributed by atoms with Crippen molar-refractivity contribution in [3.8, 4) is 11.5 Å². The Bertz CT molecular complexity index is 840. The summed E-state index contributed by atoms with van der Waals surface area (Å²) in [7, 11) is 4.78. The molecule has 2 heterocycles. The Hall–Kier alpha value is -2.58. The van der Waals surface area contributed by atoms with Crippen LogP contribution in [0.2, 0.25) is 0 Å². The first kappa shape index (κ1) is 21.1. The van der Waals surface area contributed by atoms with Gasteiger partial charge in [0.2, 0.25) is 5.91 Å². The molecule has 3 rings (SSSR count). The van der Waals surface area contributed by atoms with Crippen LogP contribution in [0, 0.1) is 5.92 Å². The number of carbonyl (C=O) groups excluding carboxylic acids is 2. The fraction of sp³-hybridized carbons (Fsp3) is 0.429. The molecule has 0 radical (unpaired) electrons. The van der Waals surface area contributed by atoms with Crippen molar-refractivity contribution in [3.63, 3.8) is 0 Å². The summed E-state index contributed by atoms with van der Waals surface area (Å²) in [5.41, 5.74) is 0.890. The van der Waals surface area contributed by atoms with Gasteiger partial charge in [-0.2, -0.15) is 0 Å². The van der Waals surface area contributed by atoms with Crippen LogP contribution in [0.5, 0.6) is 11.5 Å². The topological polar surface area (TPSA) is 77.1 Å². The third-order valence-corrected chi connectivity index (χ3v) is 5.98. The molecule has 2 atom stereocenters. The van der Waals surface area contributed by atoms with Crippen LogP contribution in [-0.2, 0) is 9.53 Å². The van der Waals surface area contributed by atoms with E-state index in [1.54, 1.807) is 32.3 Å². The molecule has 1 aromatic heterocycles. The van der Waals surface area contributed by atoms with Gasteiger partial charge < -0.3 is 24.4 Å². The molecule has 2 amide bonds. The van der Waals surface area contributed by atoms with E-state index in [9.17, 15) is 9.59 Å². The van der Waals surface area contributed by atoms with Crippen molar-refractivity contribution in [1.82, 2.24) is 10.2 Å². The maximum Gasteiger partial charge on any atom is 0.263 e. The number of methoxy groups -OCH3 is 3. The molecule has 7 nitrogen and oxygen atoms in total. The van der Waals surface area contributed by atoms with E-state index in [1.165, 1.54) is 11.3 Å². The predicted molar refractivity (Wildman–Crippen MR) is 111 cm³/mol. The molecule has 0 bridgehead atoms. The monoisotopic (exact) mass is 418 g/mol. The number of benzene rings is 1. The molecule has 1 aliphatic rings. The number of thiophene rings is 1. The summed E-state index contributed by atoms with van der Waals surface area (Å²) in [5, 5.41) is 4.79. The van der Waals surface area contributed by atoms with Crippen molar-refractivity contribution in [2.75, 3.05) is 47.6 Å². The first-order valence-electron chi connectivity index (χ1n) is 9.40. The van der Waals surface area contributed by atoms with Crippen molar-refractivity contribution in [2.24, 2.45) is 5.92 Å². The molecule has 0 unspecified atom stereocenters. The van der Waals surface area contributed by atoms with Crippen LogP contribution >= 0.6 is 11.3 Å². The predicted octanol–water partition coefficient (Wildman–Crippen LogP) is 2.38. The van der Waals surface area contributed by atoms with Crippen LogP contribution in [0.1, 0.15) is 21.2 Å². The summed E-state index contributed by atoms with van der Waals surface area (Å²) in [6.45, 7) is 1.67. The Kier molecular flexibility index (Phi) is 7.11. The Balaban J connectivity index is 1.88. The van der Waals surface area contributed by atoms with E-state index < -0.39 is 0 Å². The van der Waals surface area contributed by atoms with E-state index in [1.807, 2.05) is 29.6 Å². The number of carbonyl (C=O) groups is 2. The maximum atomic E-state index is 12.9. The van der Waals surface area contributed by atoms with Crippen LogP contribution < -0.4 is 14.8 Å². The lowest BCUT2D eigenvalue weighted by atomic mass is 9.87. The van der Waals surface area contributed by atoms with Gasteiger partial charge in [-0.05, 0) is 17.5 Å². The highest BCUT2D eigenvalue weighted by atomic mass is 32.1. The van der Waals surface area contributed by atoms with Crippen LogP contribution in [0.15, 0.2) is 35.7 Å². The summed E-state index contributed by atoms with van der Waals surface area (Å²) in [5.74, 6) is 0.627. The van der Waals surface area contributed by atoms with Gasteiger partial charge in [0, 0.05) is 44.3 Å². The fourth-order valence-corrected chi connectivity index (χ4v) is 4.33. The SMILES string of the molecule is COCCNC(=O)[C@H]1CN(C(=O)c2cccs2)C[C@@H]1c1ccc(OC)cc1OC. The summed E-state index contributed by atoms with van der Waals surface area (Å²) in [6.07, 6.45) is 0. The molecular formula is C21H26N2O5S. The molecule has 156 valence electrons. The fourth-order valence-electron chi connectivity index (χ4n) is 3.64. The Morgan fingerprint density at radius 2 is 2.00 bits per heavy atom. The van der Waals surface area contributed by atoms with Crippen LogP contribution in [0.3, 0.4) is 0 Å². The van der Waals surface area contributed by atoms with Gasteiger partial charge in [-0.15, -0.1) is 11.3 Å². The second-order valence-electron chi connectivity index (χ2n) is 6.79. The van der Waals surface area contributed by atoms with Gasteiger partial charge in [0.1, 0.15) is 11.5 Å². The third-order valence-electron chi connectivity index (χ3n) is 5.12. The largest absolute Gasteiger partial charge is 0.497 e. The zero-order valence-electron chi connectivity index (χ0n) is 16.8. The van der Waals surface area contributed by atoms with E-state index in [0.29, 0.717) is 42.6 Å². The average molecular weight is 419 g/mol. The highest BCUT2D eigenvalue weighted by Gasteiger charge is 2.41. The Labute approximate surface area is 174 Å². The molecule has 2 aromatic rings. The first-order valence-corrected chi connectivity index (χ1v) is 10.3. The maximum absolute atomic E-state index is 12.9. The van der Waals surface area contributed by atoms with Gasteiger partial charge in [-0.1, -0.05) is 12.1 Å². The lowest BCUT2D eigenvalue weighted by molar-refractivity contribution is -0.125. The highest BCUT2D eigenvalue weighted by molar-refractivity contribution is 7.12. The van der Waals surface area contributed by atoms with E-state index in [4.69, 9.17) is 14.2 Å². The van der Waals surface area contributed by atoms with Crippen molar-refractivity contribution in [3.05, 3.63) is 46.2 Å². The highest BCUT2D eigenvalue weighted by Crippen LogP contribution is 2.39. The van der Waals surface area contributed by atoms with Gasteiger partial charge in [0.05, 0.1) is 31.6 Å². The molecule has 0 aliphatic carbocycles. The lowest BCUT2D eigenvalue weighted by Gasteiger charge is -2.20. The van der Waals surface area contributed by atoms with Crippen molar-refractivity contribution < 1.29 is 23.8 Å². The van der Waals surface area contributed by atoms with Crippen molar-refractivity contribution in [2.45, 2.75) is 5.92 Å². The van der Waals surface area contributed by atoms with E-state index >= 15 is 0 Å². The number of ether oxygens (including phenoxy) is 3. The minimum atomic E-state index is -0.377. The number of likely N-dealkylation sites (tertiary alicyclic amines) is 1. The van der Waals surface area contributed by atoms with Crippen LogP contribution in [0.25, 0.3) is 0 Å². The van der Waals surface area contributed by atoms with Crippen LogP contribution in [-0.4, -0.2) is 64.3 Å². The summed E-state index contributed by atoms with van der Waals surface area (Å²) >= 11 is 1.40. The second kappa shape index (κ2) is 9.76. The molecular weight excluding hydrogens is 392 g/mol. The van der Waals surface area contributed by atoms with E-state index in [2.05, 4.69) is 5.32 Å².